The molecule has 2 heterocycles. The van der Waals surface area contributed by atoms with Crippen LogP contribution in [0.4, 0.5) is 40.1 Å². The minimum absolute atomic E-state index is 0.131. The van der Waals surface area contributed by atoms with Crippen molar-refractivity contribution in [3.05, 3.63) is 78.6 Å². The van der Waals surface area contributed by atoms with Gasteiger partial charge in [-0.3, -0.25) is 5.32 Å². The zero-order valence-electron chi connectivity index (χ0n) is 20.9. The summed E-state index contributed by atoms with van der Waals surface area (Å²) in [6.07, 6.45) is -2.65. The van der Waals surface area contributed by atoms with E-state index < -0.39 is 23.9 Å². The molecule has 0 bridgehead atoms. The van der Waals surface area contributed by atoms with Crippen LogP contribution in [0.25, 0.3) is 16.7 Å². The number of hydrogen-bond donors (Lipinski definition) is 4. The Morgan fingerprint density at radius 2 is 1.71 bits per heavy atom. The van der Waals surface area contributed by atoms with E-state index in [1.54, 1.807) is 18.2 Å². The molecule has 0 saturated heterocycles. The zero-order chi connectivity index (χ0) is 29.1. The molecule has 210 valence electrons. The van der Waals surface area contributed by atoms with Gasteiger partial charge in [0.15, 0.2) is 0 Å². The Hall–Kier alpha value is -5.80. The number of methoxy groups -OCH3 is 1. The molecule has 5 aromatic rings. The maximum atomic E-state index is 13.3. The van der Waals surface area contributed by atoms with Gasteiger partial charge in [0.1, 0.15) is 17.0 Å². The molecule has 0 aliphatic carbocycles. The summed E-state index contributed by atoms with van der Waals surface area (Å²) in [5.74, 6) is 0.609. The molecule has 0 unspecified atom stereocenters. The molecule has 3 aromatic carbocycles. The Morgan fingerprint density at radius 3 is 2.39 bits per heavy atom. The molecular formula is C25H19F3N8O5. The third-order valence-electron chi connectivity index (χ3n) is 5.59. The average Bonchev–Trinajstić information content (AvgIpc) is 3.57. The van der Waals surface area contributed by atoms with Crippen molar-refractivity contribution < 1.29 is 37.4 Å². The van der Waals surface area contributed by atoms with E-state index in [2.05, 4.69) is 36.0 Å². The third kappa shape index (κ3) is 5.95. The number of benzene rings is 3. The summed E-state index contributed by atoms with van der Waals surface area (Å²) in [7, 11) is 1.17. The summed E-state index contributed by atoms with van der Waals surface area (Å²) in [6, 6.07) is 12.9. The van der Waals surface area contributed by atoms with Crippen molar-refractivity contribution in [2.45, 2.75) is 6.18 Å². The summed E-state index contributed by atoms with van der Waals surface area (Å²) in [4.78, 5) is 28.2. The SMILES string of the molecule is COC(=O)Nc1nc2cc(Oc3ccc(NC(=O)Nc4cc(C(F)(F)F)ccc4-n4ccnn4)cc3)ccc2n1O. The molecule has 4 N–H and O–H groups in total. The van der Waals surface area contributed by atoms with E-state index in [0.29, 0.717) is 33.0 Å². The maximum Gasteiger partial charge on any atom is 0.416 e. The van der Waals surface area contributed by atoms with Gasteiger partial charge in [0.25, 0.3) is 0 Å². The number of aromatic nitrogens is 5. The van der Waals surface area contributed by atoms with Gasteiger partial charge in [0, 0.05) is 11.8 Å². The van der Waals surface area contributed by atoms with E-state index in [0.717, 1.165) is 12.1 Å². The summed E-state index contributed by atoms with van der Waals surface area (Å²) >= 11 is 0. The number of nitrogens with one attached hydrogen (secondary N) is 3. The molecule has 2 aromatic heterocycles. The predicted molar refractivity (Wildman–Crippen MR) is 138 cm³/mol. The van der Waals surface area contributed by atoms with E-state index in [-0.39, 0.29) is 17.3 Å². The van der Waals surface area contributed by atoms with Crippen molar-refractivity contribution in [2.75, 3.05) is 23.1 Å². The first-order valence-electron chi connectivity index (χ1n) is 11.6. The number of anilines is 3. The fourth-order valence-electron chi connectivity index (χ4n) is 3.71. The minimum atomic E-state index is -4.62. The van der Waals surface area contributed by atoms with E-state index in [1.165, 1.54) is 54.5 Å². The lowest BCUT2D eigenvalue weighted by Crippen LogP contribution is -2.21. The van der Waals surface area contributed by atoms with Crippen LogP contribution in [0.15, 0.2) is 73.1 Å². The number of amides is 3. The number of imidazole rings is 1. The number of urea groups is 1. The molecule has 0 radical (unpaired) electrons. The molecular weight excluding hydrogens is 549 g/mol. The van der Waals surface area contributed by atoms with Crippen LogP contribution in [0.5, 0.6) is 11.5 Å². The maximum absolute atomic E-state index is 13.3. The lowest BCUT2D eigenvalue weighted by Gasteiger charge is -2.15. The second kappa shape index (κ2) is 10.8. The highest BCUT2D eigenvalue weighted by atomic mass is 19.4. The molecule has 13 nitrogen and oxygen atoms in total. The standard InChI is InChI=1S/C25H19F3N8O5/c1-40-24(38)33-22-31-19-13-17(7-9-21(19)36(22)39)41-16-5-3-15(4-6-16)30-23(37)32-18-12-14(25(26,27)28)2-8-20(18)35-11-10-29-34-35/h2-13,39H,1H3,(H2,30,32,37)(H,31,33,38). The van der Waals surface area contributed by atoms with Crippen molar-refractivity contribution in [1.29, 1.82) is 0 Å². The van der Waals surface area contributed by atoms with Crippen LogP contribution in [0.1, 0.15) is 5.56 Å². The Kier molecular flexibility index (Phi) is 7.03. The van der Waals surface area contributed by atoms with Gasteiger partial charge in [-0.15, -0.1) is 9.83 Å². The number of nitrogens with zero attached hydrogens (tertiary/aromatic N) is 5. The summed E-state index contributed by atoms with van der Waals surface area (Å²) < 4.78 is 52.0. The van der Waals surface area contributed by atoms with Gasteiger partial charge in [0.2, 0.25) is 5.95 Å². The molecule has 0 atom stereocenters. The average molecular weight is 568 g/mol. The van der Waals surface area contributed by atoms with Crippen LogP contribution < -0.4 is 20.7 Å². The van der Waals surface area contributed by atoms with Crippen molar-refractivity contribution in [3.63, 3.8) is 0 Å². The predicted octanol–water partition coefficient (Wildman–Crippen LogP) is 5.49. The van der Waals surface area contributed by atoms with Gasteiger partial charge in [-0.05, 0) is 54.6 Å². The summed E-state index contributed by atoms with van der Waals surface area (Å²) in [6.45, 7) is 0. The fraction of sp³-hybridized carbons (Fsp3) is 0.0800. The number of carbonyl (C=O) groups is 2. The highest BCUT2D eigenvalue weighted by Gasteiger charge is 2.31. The lowest BCUT2D eigenvalue weighted by atomic mass is 10.1. The zero-order valence-corrected chi connectivity index (χ0v) is 20.9. The normalized spacial score (nSPS) is 11.2. The van der Waals surface area contributed by atoms with Crippen LogP contribution in [0, 0.1) is 0 Å². The van der Waals surface area contributed by atoms with E-state index >= 15 is 0 Å². The van der Waals surface area contributed by atoms with Crippen molar-refractivity contribution in [3.8, 4) is 17.2 Å². The molecule has 0 aliphatic rings. The molecule has 41 heavy (non-hydrogen) atoms. The van der Waals surface area contributed by atoms with Crippen molar-refractivity contribution >= 4 is 40.5 Å². The molecule has 5 rings (SSSR count). The number of rotatable bonds is 6. The third-order valence-corrected chi connectivity index (χ3v) is 5.59. The van der Waals surface area contributed by atoms with Crippen LogP contribution >= 0.6 is 0 Å². The van der Waals surface area contributed by atoms with E-state index in [1.807, 2.05) is 0 Å². The Labute approximate surface area is 228 Å². The van der Waals surface area contributed by atoms with Gasteiger partial charge >= 0.3 is 18.3 Å². The number of halogens is 3. The van der Waals surface area contributed by atoms with Gasteiger partial charge in [-0.25, -0.2) is 19.3 Å². The molecule has 0 saturated carbocycles. The first-order chi connectivity index (χ1) is 19.6. The molecule has 16 heteroatoms. The van der Waals surface area contributed by atoms with E-state index in [9.17, 15) is 28.0 Å². The number of fused-ring (bicyclic) bond motifs is 1. The van der Waals surface area contributed by atoms with Crippen LogP contribution in [0.3, 0.4) is 0 Å². The molecule has 0 fully saturated rings. The first-order valence-corrected chi connectivity index (χ1v) is 11.6. The van der Waals surface area contributed by atoms with Crippen LogP contribution in [-0.2, 0) is 10.9 Å². The summed E-state index contributed by atoms with van der Waals surface area (Å²) in [5, 5.41) is 24.8. The number of alkyl halides is 3. The van der Waals surface area contributed by atoms with Crippen molar-refractivity contribution in [2.24, 2.45) is 0 Å². The Bertz CT molecular complexity index is 1720. The second-order valence-corrected chi connectivity index (χ2v) is 8.30. The molecule has 3 amide bonds. The molecule has 0 aliphatic heterocycles. The highest BCUT2D eigenvalue weighted by Crippen LogP contribution is 2.33. The lowest BCUT2D eigenvalue weighted by molar-refractivity contribution is -0.137. The fourth-order valence-corrected chi connectivity index (χ4v) is 3.71. The molecule has 0 spiro atoms. The topological polar surface area (TPSA) is 157 Å². The number of ether oxygens (including phenoxy) is 2. The van der Waals surface area contributed by atoms with Crippen molar-refractivity contribution in [1.82, 2.24) is 24.7 Å². The highest BCUT2D eigenvalue weighted by molar-refractivity contribution is 6.01. The van der Waals surface area contributed by atoms with Gasteiger partial charge in [0.05, 0.1) is 42.0 Å². The van der Waals surface area contributed by atoms with E-state index in [4.69, 9.17) is 4.74 Å². The number of carbonyl (C=O) groups excluding carboxylic acids is 2. The monoisotopic (exact) mass is 568 g/mol. The second-order valence-electron chi connectivity index (χ2n) is 8.30. The quantitative estimate of drug-likeness (QED) is 0.196. The Balaban J connectivity index is 1.27. The minimum Gasteiger partial charge on any atom is -0.457 e. The largest absolute Gasteiger partial charge is 0.457 e. The van der Waals surface area contributed by atoms with Gasteiger partial charge in [-0.2, -0.15) is 13.2 Å². The first kappa shape index (κ1) is 26.8. The summed E-state index contributed by atoms with van der Waals surface area (Å²) in [5.41, 5.74) is 0.0718. The smallest absolute Gasteiger partial charge is 0.416 e. The van der Waals surface area contributed by atoms with Crippen LogP contribution in [0.2, 0.25) is 0 Å². The van der Waals surface area contributed by atoms with Crippen LogP contribution in [-0.4, -0.2) is 49.1 Å². The number of hydrogen-bond acceptors (Lipinski definition) is 8. The van der Waals surface area contributed by atoms with Gasteiger partial charge in [-0.1, -0.05) is 5.21 Å². The van der Waals surface area contributed by atoms with Gasteiger partial charge < -0.3 is 25.3 Å². The Morgan fingerprint density at radius 1 is 0.951 bits per heavy atom.